The molecule has 2 rings (SSSR count). The van der Waals surface area contributed by atoms with Gasteiger partial charge < -0.3 is 19.9 Å². The molecule has 1 fully saturated rings. The van der Waals surface area contributed by atoms with Crippen molar-refractivity contribution in [3.63, 3.8) is 0 Å². The molecule has 1 aliphatic heterocycles. The largest absolute Gasteiger partial charge is 0.493 e. The maximum Gasteiger partial charge on any atom is 0.161 e. The van der Waals surface area contributed by atoms with Crippen LogP contribution in [0.15, 0.2) is 24.2 Å². The Morgan fingerprint density at radius 3 is 3.05 bits per heavy atom. The number of hydrogen-bond acceptors (Lipinski definition) is 5. The molecule has 1 unspecified atom stereocenters. The van der Waals surface area contributed by atoms with E-state index in [1.165, 1.54) is 5.32 Å². The number of para-hydroxylation sites is 2. The van der Waals surface area contributed by atoms with Crippen LogP contribution in [-0.4, -0.2) is 62.2 Å². The molecule has 1 atom stereocenters. The van der Waals surface area contributed by atoms with E-state index in [2.05, 4.69) is 4.74 Å². The summed E-state index contributed by atoms with van der Waals surface area (Å²) in [6, 6.07) is -4.74. The molecule has 2 N–H and O–H groups in total. The first-order chi connectivity index (χ1) is 16.9. The van der Waals surface area contributed by atoms with Gasteiger partial charge in [0, 0.05) is 46.2 Å². The molecular formula is C14H22N2O3. The monoisotopic (exact) mass is 286 g/mol. The molecule has 19 heavy (non-hydrogen) atoms. The van der Waals surface area contributed by atoms with Crippen LogP contribution in [-0.2, 0) is 0 Å². The van der Waals surface area contributed by atoms with E-state index >= 15 is 0 Å². The van der Waals surface area contributed by atoms with Crippen LogP contribution >= 0.6 is 0 Å². The summed E-state index contributed by atoms with van der Waals surface area (Å²) in [5.41, 5.74) is 0. The van der Waals surface area contributed by atoms with Gasteiger partial charge in [-0.15, -0.1) is 0 Å². The van der Waals surface area contributed by atoms with Gasteiger partial charge >= 0.3 is 0 Å². The maximum atomic E-state index is 10.8. The molecule has 1 aliphatic rings. The van der Waals surface area contributed by atoms with Gasteiger partial charge in [0.25, 0.3) is 0 Å². The maximum absolute atomic E-state index is 10.8. The van der Waals surface area contributed by atoms with Crippen molar-refractivity contribution in [3.8, 4) is 11.5 Å². The molecule has 106 valence electrons. The fourth-order valence-corrected chi connectivity index (χ4v) is 0.944. The number of piperazine rings is 1. The highest BCUT2D eigenvalue weighted by atomic mass is 16.5. The lowest BCUT2D eigenvalue weighted by Gasteiger charge is -2.29. The molecule has 1 heterocycles. The highest BCUT2D eigenvalue weighted by Crippen LogP contribution is 2.25. The molecule has 0 amide bonds. The quantitative estimate of drug-likeness (QED) is 0.790. The number of rotatable bonds is 6. The van der Waals surface area contributed by atoms with E-state index < -0.39 is 92.7 Å². The van der Waals surface area contributed by atoms with Crippen molar-refractivity contribution < 1.29 is 42.0 Å². The van der Waals surface area contributed by atoms with E-state index in [9.17, 15) is 5.11 Å². The van der Waals surface area contributed by atoms with Gasteiger partial charge in [0.05, 0.1) is 20.7 Å². The lowest BCUT2D eigenvalue weighted by molar-refractivity contribution is 0.0632. The Morgan fingerprint density at radius 1 is 1.58 bits per heavy atom. The Kier molecular flexibility index (Phi) is 1.27. The van der Waals surface area contributed by atoms with Gasteiger partial charge in [0.2, 0.25) is 0 Å². The van der Waals surface area contributed by atoms with E-state index in [4.69, 9.17) is 32.2 Å². The minimum atomic E-state index is -4.57. The van der Waals surface area contributed by atoms with E-state index in [0.29, 0.717) is 0 Å². The summed E-state index contributed by atoms with van der Waals surface area (Å²) in [7, 11) is -3.42. The first-order valence-corrected chi connectivity index (χ1v) is 4.71. The van der Waals surface area contributed by atoms with E-state index in [1.54, 1.807) is 0 Å². The highest BCUT2D eigenvalue weighted by Gasteiger charge is 2.15. The molecule has 0 aliphatic carbocycles. The number of nitrogens with zero attached hydrogens (tertiary/aromatic N) is 1. The number of β-amino-alcohol motifs (C(OH)–C–C–N with tert-alkyl or cyclic N) is 1. The molecule has 5 heteroatoms. The number of nitrogens with one attached hydrogen (secondary N) is 1. The van der Waals surface area contributed by atoms with Gasteiger partial charge in [0.15, 0.2) is 11.5 Å². The fourth-order valence-electron chi connectivity index (χ4n) is 0.944. The van der Waals surface area contributed by atoms with Crippen molar-refractivity contribution in [1.82, 2.24) is 10.2 Å². The minimum Gasteiger partial charge on any atom is -0.493 e. The molecule has 1 saturated heterocycles. The molecule has 0 spiro atoms. The van der Waals surface area contributed by atoms with Crippen molar-refractivity contribution >= 4 is 0 Å². The SMILES string of the molecule is [2H]c1c([2H])c([2H])c(OC([2H])([2H])C([2H])(O)C([2H])([2H])N2C([2H])([2H])C([2H])([2H])NC([2H])([2H])C2([2H])[2H])c(OC([2H])([2H])[2H])c1[2H]. The summed E-state index contributed by atoms with van der Waals surface area (Å²) < 4.78 is 166. The summed E-state index contributed by atoms with van der Waals surface area (Å²) in [5, 5.41) is 12.2. The smallest absolute Gasteiger partial charge is 0.161 e. The molecule has 0 bridgehead atoms. The molecular weight excluding hydrogens is 244 g/mol. The van der Waals surface area contributed by atoms with Gasteiger partial charge in [-0.3, -0.25) is 4.90 Å². The summed E-state index contributed by atoms with van der Waals surface area (Å²) in [5.74, 6) is -2.82. The topological polar surface area (TPSA) is 54.0 Å². The van der Waals surface area contributed by atoms with Gasteiger partial charge in [-0.25, -0.2) is 0 Å². The lowest BCUT2D eigenvalue weighted by atomic mass is 10.3. The third-order valence-electron chi connectivity index (χ3n) is 1.65. The van der Waals surface area contributed by atoms with Gasteiger partial charge in [-0.05, 0) is 12.1 Å². The predicted molar refractivity (Wildman–Crippen MR) is 73.8 cm³/mol. The second-order valence-electron chi connectivity index (χ2n) is 2.86. The number of aliphatic hydroxyl groups is 1. The van der Waals surface area contributed by atoms with Crippen molar-refractivity contribution in [2.75, 3.05) is 46.1 Å². The Morgan fingerprint density at radius 2 is 2.32 bits per heavy atom. The summed E-state index contributed by atoms with van der Waals surface area (Å²) >= 11 is 0. The van der Waals surface area contributed by atoms with Crippen molar-refractivity contribution in [3.05, 3.63) is 24.2 Å². The Balaban J connectivity index is 2.78. The van der Waals surface area contributed by atoms with Crippen LogP contribution in [0.25, 0.3) is 0 Å². The molecule has 5 nitrogen and oxygen atoms in total. The van der Waals surface area contributed by atoms with E-state index in [-0.39, 0.29) is 0 Å². The van der Waals surface area contributed by atoms with Crippen LogP contribution in [0.3, 0.4) is 0 Å². The van der Waals surface area contributed by atoms with Gasteiger partial charge in [-0.1, -0.05) is 12.1 Å². The van der Waals surface area contributed by atoms with Crippen LogP contribution in [0.5, 0.6) is 11.5 Å². The fraction of sp³-hybridized carbons (Fsp3) is 0.571. The summed E-state index contributed by atoms with van der Waals surface area (Å²) in [6.07, 6.45) is -4.57. The van der Waals surface area contributed by atoms with E-state index in [1.807, 2.05) is 0 Å². The number of benzene rings is 1. The number of hydrogen-bond donors (Lipinski definition) is 2. The van der Waals surface area contributed by atoms with Crippen molar-refractivity contribution in [2.45, 2.75) is 6.08 Å². The highest BCUT2D eigenvalue weighted by molar-refractivity contribution is 5.39. The standard InChI is InChI=1S/C14H22N2O3/c1-18-13-4-2-3-5-14(13)19-11-12(17)10-16-8-6-15-7-9-16/h2-5,12,15,17H,6-11H2,1H3/i1D3,2D,3D,4D,5D,6D2,7D2,8D2,9D2,10D2,11D2,12D. The Hall–Kier alpha value is -1.30. The normalized spacial score (nSPS) is 47.8. The average Bonchev–Trinajstić information content (AvgIpc) is 2.69. The molecule has 0 radical (unpaired) electrons. The zero-order valence-corrected chi connectivity index (χ0v) is 9.21. The molecule has 0 saturated carbocycles. The van der Waals surface area contributed by atoms with Crippen molar-refractivity contribution in [1.29, 1.82) is 0 Å². The average molecular weight is 286 g/mol. The third kappa shape index (κ3) is 4.38. The predicted octanol–water partition coefficient (Wildman–Crippen LogP) is 0.340. The van der Waals surface area contributed by atoms with Crippen LogP contribution in [0.4, 0.5) is 0 Å². The summed E-state index contributed by atoms with van der Waals surface area (Å²) in [4.78, 5) is -0.877. The van der Waals surface area contributed by atoms with Crippen LogP contribution in [0, 0.1) is 0 Å². The Labute approximate surface area is 142 Å². The van der Waals surface area contributed by atoms with E-state index in [0.717, 1.165) is 0 Å². The van der Waals surface area contributed by atoms with Gasteiger partial charge in [-0.2, -0.15) is 0 Å². The van der Waals surface area contributed by atoms with Crippen molar-refractivity contribution in [2.24, 2.45) is 0 Å². The molecule has 1 aromatic carbocycles. The number of ether oxygens (including phenoxy) is 2. The zero-order chi connectivity index (χ0) is 31.2. The second kappa shape index (κ2) is 7.33. The molecule has 1 aromatic rings. The van der Waals surface area contributed by atoms with Crippen LogP contribution in [0.1, 0.15) is 27.4 Å². The first kappa shape index (κ1) is 3.30. The summed E-state index contributed by atoms with van der Waals surface area (Å²) in [6.45, 7) is -23.8. The lowest BCUT2D eigenvalue weighted by Crippen LogP contribution is -2.47. The first-order valence-electron chi connectivity index (χ1n) is 14.7. The van der Waals surface area contributed by atoms with Crippen LogP contribution in [0.2, 0.25) is 0 Å². The Bertz CT molecular complexity index is 1110. The second-order valence-corrected chi connectivity index (χ2v) is 2.86. The number of methoxy groups -OCH3 is 1. The third-order valence-corrected chi connectivity index (χ3v) is 1.65. The zero-order valence-electron chi connectivity index (χ0n) is 29.2. The van der Waals surface area contributed by atoms with Gasteiger partial charge in [0.1, 0.15) is 12.6 Å². The molecule has 0 aromatic heterocycles. The van der Waals surface area contributed by atoms with Crippen LogP contribution < -0.4 is 14.8 Å². The minimum absolute atomic E-state index is 0.877.